The second kappa shape index (κ2) is 10.9. The number of benzene rings is 4. The van der Waals surface area contributed by atoms with Crippen LogP contribution in [0.4, 0.5) is 4.39 Å². The van der Waals surface area contributed by atoms with Crippen molar-refractivity contribution in [1.29, 1.82) is 0 Å². The quantitative estimate of drug-likeness (QED) is 0.291. The van der Waals surface area contributed by atoms with Crippen molar-refractivity contribution in [1.82, 2.24) is 0 Å². The molecule has 4 rings (SSSR count). The minimum absolute atomic E-state index is 0.250. The van der Waals surface area contributed by atoms with Crippen LogP contribution < -0.4 is 0 Å². The standard InChI is InChI=1S/C25H19Cl2FOS.CH2O2/c1-3-16-10-18-4-7-21(28)14-24(18)25(15(16)2)17-5-8-22(9-6-17)30(29)23-12-19(26)11-20(27)13-23;2-1-3/h4-14H,3H2,1-2H3;1H,(H,2,3). The molecule has 1 N–H and O–H groups in total. The predicted molar refractivity (Wildman–Crippen MR) is 133 cm³/mol. The molecule has 0 spiro atoms. The molecule has 0 saturated heterocycles. The highest BCUT2D eigenvalue weighted by molar-refractivity contribution is 7.85. The lowest BCUT2D eigenvalue weighted by Gasteiger charge is -2.15. The zero-order valence-electron chi connectivity index (χ0n) is 17.9. The summed E-state index contributed by atoms with van der Waals surface area (Å²) in [6, 6.07) is 19.5. The Morgan fingerprint density at radius 1 is 0.939 bits per heavy atom. The van der Waals surface area contributed by atoms with E-state index in [4.69, 9.17) is 33.1 Å². The van der Waals surface area contributed by atoms with Gasteiger partial charge in [-0.15, -0.1) is 0 Å². The molecule has 0 heterocycles. The molecule has 0 radical (unpaired) electrons. The molecule has 33 heavy (non-hydrogen) atoms. The van der Waals surface area contributed by atoms with E-state index in [0.29, 0.717) is 19.8 Å². The summed E-state index contributed by atoms with van der Waals surface area (Å²) in [5, 5.41) is 9.67. The van der Waals surface area contributed by atoms with Crippen LogP contribution in [0.25, 0.3) is 21.9 Å². The third kappa shape index (κ3) is 5.61. The molecular formula is C26H21Cl2FO3S. The van der Waals surface area contributed by atoms with Crippen LogP contribution in [0.3, 0.4) is 0 Å². The molecule has 0 fully saturated rings. The Kier molecular flexibility index (Phi) is 8.25. The first-order valence-corrected chi connectivity index (χ1v) is 12.0. The third-order valence-electron chi connectivity index (χ3n) is 5.26. The predicted octanol–water partition coefficient (Wildman–Crippen LogP) is 7.69. The second-order valence-corrected chi connectivity index (χ2v) is 9.61. The largest absolute Gasteiger partial charge is 0.483 e. The molecule has 170 valence electrons. The molecule has 0 saturated carbocycles. The fraction of sp³-hybridized carbons (Fsp3) is 0.115. The van der Waals surface area contributed by atoms with E-state index in [1.165, 1.54) is 11.6 Å². The lowest BCUT2D eigenvalue weighted by atomic mass is 9.89. The normalized spacial score (nSPS) is 11.5. The lowest BCUT2D eigenvalue weighted by molar-refractivity contribution is -0.122. The van der Waals surface area contributed by atoms with E-state index >= 15 is 0 Å². The van der Waals surface area contributed by atoms with Gasteiger partial charge in [0, 0.05) is 19.8 Å². The van der Waals surface area contributed by atoms with Crippen LogP contribution in [0, 0.1) is 12.7 Å². The molecule has 3 nitrogen and oxygen atoms in total. The van der Waals surface area contributed by atoms with Crippen molar-refractivity contribution in [3.05, 3.63) is 93.7 Å². The van der Waals surface area contributed by atoms with Gasteiger partial charge in [0.2, 0.25) is 0 Å². The summed E-state index contributed by atoms with van der Waals surface area (Å²) >= 11 is 12.1. The maximum Gasteiger partial charge on any atom is 0.290 e. The summed E-state index contributed by atoms with van der Waals surface area (Å²) in [7, 11) is -1.40. The number of hydrogen-bond donors (Lipinski definition) is 1. The molecule has 0 aliphatic rings. The van der Waals surface area contributed by atoms with E-state index in [0.717, 1.165) is 33.9 Å². The van der Waals surface area contributed by atoms with Crippen molar-refractivity contribution in [3.63, 3.8) is 0 Å². The van der Waals surface area contributed by atoms with Gasteiger partial charge >= 0.3 is 0 Å². The van der Waals surface area contributed by atoms with Gasteiger partial charge in [-0.05, 0) is 88.8 Å². The van der Waals surface area contributed by atoms with Crippen LogP contribution in [0.5, 0.6) is 0 Å². The number of rotatable bonds is 4. The van der Waals surface area contributed by atoms with Gasteiger partial charge in [0.15, 0.2) is 0 Å². The average Bonchev–Trinajstić information content (AvgIpc) is 2.78. The molecule has 1 atom stereocenters. The van der Waals surface area contributed by atoms with Gasteiger partial charge in [0.1, 0.15) is 5.82 Å². The number of carbonyl (C=O) groups is 1. The lowest BCUT2D eigenvalue weighted by Crippen LogP contribution is -1.96. The summed E-state index contributed by atoms with van der Waals surface area (Å²) < 4.78 is 27.0. The Balaban J connectivity index is 0.000000968. The van der Waals surface area contributed by atoms with Gasteiger partial charge in [-0.25, -0.2) is 8.60 Å². The van der Waals surface area contributed by atoms with Crippen molar-refractivity contribution >= 4 is 51.2 Å². The van der Waals surface area contributed by atoms with Crippen LogP contribution in [-0.2, 0) is 22.0 Å². The van der Waals surface area contributed by atoms with Crippen LogP contribution in [0.2, 0.25) is 10.0 Å². The number of hydrogen-bond acceptors (Lipinski definition) is 2. The van der Waals surface area contributed by atoms with Crippen LogP contribution in [0.1, 0.15) is 18.1 Å². The highest BCUT2D eigenvalue weighted by atomic mass is 35.5. The summed E-state index contributed by atoms with van der Waals surface area (Å²) in [6.45, 7) is 3.93. The Hall–Kier alpha value is -2.73. The van der Waals surface area contributed by atoms with Crippen LogP contribution >= 0.6 is 23.2 Å². The van der Waals surface area contributed by atoms with Gasteiger partial charge in [-0.2, -0.15) is 0 Å². The summed E-state index contributed by atoms with van der Waals surface area (Å²) in [5.74, 6) is -0.261. The molecule has 4 aromatic rings. The average molecular weight is 503 g/mol. The van der Waals surface area contributed by atoms with E-state index in [1.807, 2.05) is 30.3 Å². The Bertz CT molecular complexity index is 1320. The highest BCUT2D eigenvalue weighted by Gasteiger charge is 2.14. The fourth-order valence-corrected chi connectivity index (χ4v) is 5.56. The van der Waals surface area contributed by atoms with Crippen molar-refractivity contribution in [2.24, 2.45) is 0 Å². The maximum atomic E-state index is 14.0. The second-order valence-electron chi connectivity index (χ2n) is 7.26. The first-order valence-electron chi connectivity index (χ1n) is 10.1. The highest BCUT2D eigenvalue weighted by Crippen LogP contribution is 2.36. The van der Waals surface area contributed by atoms with Crippen molar-refractivity contribution in [3.8, 4) is 11.1 Å². The molecule has 1 unspecified atom stereocenters. The van der Waals surface area contributed by atoms with E-state index in [9.17, 15) is 8.60 Å². The van der Waals surface area contributed by atoms with Crippen molar-refractivity contribution in [2.45, 2.75) is 30.1 Å². The van der Waals surface area contributed by atoms with Gasteiger partial charge in [-0.3, -0.25) is 4.79 Å². The monoisotopic (exact) mass is 502 g/mol. The summed E-state index contributed by atoms with van der Waals surface area (Å²) in [5.41, 5.74) is 4.33. The number of aryl methyl sites for hydroxylation is 1. The fourth-order valence-electron chi connectivity index (χ4n) is 3.79. The Morgan fingerprint density at radius 3 is 2.12 bits per heavy atom. The van der Waals surface area contributed by atoms with E-state index < -0.39 is 10.8 Å². The third-order valence-corrected chi connectivity index (χ3v) is 7.06. The first-order chi connectivity index (χ1) is 15.8. The smallest absolute Gasteiger partial charge is 0.290 e. The zero-order valence-corrected chi connectivity index (χ0v) is 20.3. The van der Waals surface area contributed by atoms with E-state index in [1.54, 1.807) is 24.3 Å². The van der Waals surface area contributed by atoms with Crippen molar-refractivity contribution in [2.75, 3.05) is 0 Å². The number of halogens is 3. The number of carboxylic acid groups (broad SMARTS) is 1. The molecule has 0 aliphatic heterocycles. The minimum Gasteiger partial charge on any atom is -0.483 e. The van der Waals surface area contributed by atoms with Crippen LogP contribution in [-0.4, -0.2) is 15.8 Å². The van der Waals surface area contributed by atoms with E-state index in [2.05, 4.69) is 19.9 Å². The van der Waals surface area contributed by atoms with Gasteiger partial charge in [-0.1, -0.05) is 54.4 Å². The number of fused-ring (bicyclic) bond motifs is 1. The van der Waals surface area contributed by atoms with Gasteiger partial charge < -0.3 is 5.11 Å². The molecule has 0 bridgehead atoms. The molecule has 0 aliphatic carbocycles. The SMILES string of the molecule is CCc1cc2ccc(F)cc2c(-c2ccc(S(=O)c3cc(Cl)cc(Cl)c3)cc2)c1C.O=CO. The van der Waals surface area contributed by atoms with Gasteiger partial charge in [0.05, 0.1) is 10.8 Å². The molecular weight excluding hydrogens is 482 g/mol. The van der Waals surface area contributed by atoms with Gasteiger partial charge in [0.25, 0.3) is 6.47 Å². The minimum atomic E-state index is -1.40. The molecule has 0 amide bonds. The zero-order chi connectivity index (χ0) is 24.1. The van der Waals surface area contributed by atoms with E-state index in [-0.39, 0.29) is 12.3 Å². The summed E-state index contributed by atoms with van der Waals surface area (Å²) in [4.78, 5) is 9.56. The molecule has 7 heteroatoms. The molecule has 4 aromatic carbocycles. The molecule has 0 aromatic heterocycles. The summed E-state index contributed by atoms with van der Waals surface area (Å²) in [6.07, 6.45) is 0.893. The topological polar surface area (TPSA) is 54.4 Å². The Labute approximate surface area is 204 Å². The van der Waals surface area contributed by atoms with Crippen molar-refractivity contribution < 1.29 is 18.5 Å². The van der Waals surface area contributed by atoms with Crippen LogP contribution in [0.15, 0.2) is 76.5 Å². The maximum absolute atomic E-state index is 14.0. The Morgan fingerprint density at radius 2 is 1.55 bits per heavy atom. The first kappa shape index (κ1) is 24.9.